The molecule has 0 saturated heterocycles. The molecule has 0 atom stereocenters. The Balaban J connectivity index is 1.99. The Bertz CT molecular complexity index is 615. The van der Waals surface area contributed by atoms with E-state index in [-0.39, 0.29) is 16.7 Å². The van der Waals surface area contributed by atoms with Gasteiger partial charge >= 0.3 is 5.51 Å². The molecule has 0 saturated carbocycles. The highest BCUT2D eigenvalue weighted by Gasteiger charge is 2.28. The Kier molecular flexibility index (Phi) is 5.62. The minimum absolute atomic E-state index is 0.106. The van der Waals surface area contributed by atoms with Crippen LogP contribution in [0.5, 0.6) is 0 Å². The van der Waals surface area contributed by atoms with Crippen molar-refractivity contribution < 1.29 is 13.2 Å². The van der Waals surface area contributed by atoms with Crippen LogP contribution in [0, 0.1) is 0 Å². The summed E-state index contributed by atoms with van der Waals surface area (Å²) in [7, 11) is 0. The molecular formula is C14H10Br2F3NS. The molecule has 0 heterocycles. The van der Waals surface area contributed by atoms with Crippen molar-refractivity contribution in [2.24, 2.45) is 0 Å². The highest BCUT2D eigenvalue weighted by Crippen LogP contribution is 2.36. The Morgan fingerprint density at radius 3 is 2.29 bits per heavy atom. The summed E-state index contributed by atoms with van der Waals surface area (Å²) in [6.07, 6.45) is 0. The predicted molar refractivity (Wildman–Crippen MR) is 87.5 cm³/mol. The second-order valence-electron chi connectivity index (χ2n) is 4.17. The van der Waals surface area contributed by atoms with E-state index in [4.69, 9.17) is 0 Å². The number of halogens is 5. The first-order chi connectivity index (χ1) is 9.83. The van der Waals surface area contributed by atoms with Crippen LogP contribution < -0.4 is 5.32 Å². The molecule has 0 bridgehead atoms. The normalized spacial score (nSPS) is 11.5. The summed E-state index contributed by atoms with van der Waals surface area (Å²) >= 11 is 6.72. The van der Waals surface area contributed by atoms with Gasteiger partial charge in [0.2, 0.25) is 0 Å². The molecule has 21 heavy (non-hydrogen) atoms. The number of benzene rings is 2. The molecule has 0 spiro atoms. The molecule has 2 rings (SSSR count). The van der Waals surface area contributed by atoms with Gasteiger partial charge in [-0.05, 0) is 63.6 Å². The molecule has 2 aromatic rings. The third-order valence-corrected chi connectivity index (χ3v) is 4.49. The quantitative estimate of drug-likeness (QED) is 0.549. The molecule has 0 aliphatic rings. The average molecular weight is 441 g/mol. The monoisotopic (exact) mass is 439 g/mol. The summed E-state index contributed by atoms with van der Waals surface area (Å²) in [6, 6.07) is 12.1. The molecule has 1 N–H and O–H groups in total. The average Bonchev–Trinajstić information content (AvgIpc) is 2.40. The van der Waals surface area contributed by atoms with Crippen LogP contribution in [0.15, 0.2) is 56.3 Å². The summed E-state index contributed by atoms with van der Waals surface area (Å²) in [6.45, 7) is 0.534. The molecule has 0 unspecified atom stereocenters. The molecule has 1 nitrogen and oxygen atoms in total. The smallest absolute Gasteiger partial charge is 0.380 e. The van der Waals surface area contributed by atoms with Gasteiger partial charge in [0.15, 0.2) is 0 Å². The van der Waals surface area contributed by atoms with Crippen molar-refractivity contribution in [2.75, 3.05) is 5.32 Å². The van der Waals surface area contributed by atoms with Gasteiger partial charge in [0.1, 0.15) is 0 Å². The van der Waals surface area contributed by atoms with Gasteiger partial charge in [0, 0.05) is 26.1 Å². The van der Waals surface area contributed by atoms with E-state index < -0.39 is 5.51 Å². The van der Waals surface area contributed by atoms with Gasteiger partial charge < -0.3 is 5.32 Å². The Labute approximate surface area is 141 Å². The fraction of sp³-hybridized carbons (Fsp3) is 0.143. The van der Waals surface area contributed by atoms with Gasteiger partial charge in [0.05, 0.1) is 0 Å². The maximum atomic E-state index is 12.2. The molecule has 112 valence electrons. The number of hydrogen-bond acceptors (Lipinski definition) is 2. The topological polar surface area (TPSA) is 12.0 Å². The second kappa shape index (κ2) is 7.07. The van der Waals surface area contributed by atoms with Crippen LogP contribution in [0.25, 0.3) is 0 Å². The predicted octanol–water partition coefficient (Wildman–Crippen LogP) is 6.44. The number of nitrogens with one attached hydrogen (secondary N) is 1. The van der Waals surface area contributed by atoms with E-state index in [1.165, 1.54) is 12.1 Å². The molecule has 0 aromatic heterocycles. The highest BCUT2D eigenvalue weighted by molar-refractivity contribution is 9.11. The summed E-state index contributed by atoms with van der Waals surface area (Å²) in [4.78, 5) is 0.190. The van der Waals surface area contributed by atoms with Crippen molar-refractivity contribution in [2.45, 2.75) is 16.9 Å². The molecule has 0 amide bonds. The van der Waals surface area contributed by atoms with Gasteiger partial charge in [0.25, 0.3) is 0 Å². The van der Waals surface area contributed by atoms with E-state index in [0.29, 0.717) is 6.54 Å². The third kappa shape index (κ3) is 5.56. The van der Waals surface area contributed by atoms with Crippen molar-refractivity contribution in [3.8, 4) is 0 Å². The van der Waals surface area contributed by atoms with Crippen LogP contribution in [0.3, 0.4) is 0 Å². The maximum Gasteiger partial charge on any atom is 0.446 e. The van der Waals surface area contributed by atoms with Crippen molar-refractivity contribution >= 4 is 49.3 Å². The molecule has 0 aliphatic heterocycles. The highest BCUT2D eigenvalue weighted by atomic mass is 79.9. The van der Waals surface area contributed by atoms with Crippen LogP contribution in [-0.4, -0.2) is 5.51 Å². The van der Waals surface area contributed by atoms with E-state index in [0.717, 1.165) is 20.2 Å². The maximum absolute atomic E-state index is 12.2. The minimum Gasteiger partial charge on any atom is -0.380 e. The number of hydrogen-bond donors (Lipinski definition) is 1. The second-order valence-corrected chi connectivity index (χ2v) is 7.08. The summed E-state index contributed by atoms with van der Waals surface area (Å²) in [5.41, 5.74) is -2.42. The molecule has 0 radical (unpaired) electrons. The van der Waals surface area contributed by atoms with Gasteiger partial charge in [-0.3, -0.25) is 0 Å². The summed E-state index contributed by atoms with van der Waals surface area (Å²) in [5.74, 6) is 0. The largest absolute Gasteiger partial charge is 0.446 e. The van der Waals surface area contributed by atoms with E-state index in [9.17, 15) is 13.2 Å². The van der Waals surface area contributed by atoms with Gasteiger partial charge in [-0.2, -0.15) is 13.2 Å². The van der Waals surface area contributed by atoms with Crippen LogP contribution >= 0.6 is 43.6 Å². The Morgan fingerprint density at radius 1 is 1.00 bits per heavy atom. The van der Waals surface area contributed by atoms with Crippen LogP contribution in [0.2, 0.25) is 0 Å². The molecule has 7 heteroatoms. The Morgan fingerprint density at radius 2 is 1.67 bits per heavy atom. The van der Waals surface area contributed by atoms with E-state index in [1.807, 2.05) is 18.2 Å². The van der Waals surface area contributed by atoms with Crippen molar-refractivity contribution in [3.63, 3.8) is 0 Å². The number of rotatable bonds is 4. The number of anilines is 1. The third-order valence-electron chi connectivity index (χ3n) is 2.57. The lowest BCUT2D eigenvalue weighted by Crippen LogP contribution is -2.01. The van der Waals surface area contributed by atoms with Gasteiger partial charge in [-0.25, -0.2) is 0 Å². The molecule has 0 fully saturated rings. The zero-order valence-electron chi connectivity index (χ0n) is 10.5. The lowest BCUT2D eigenvalue weighted by Gasteiger charge is -2.10. The van der Waals surface area contributed by atoms with Crippen LogP contribution in [0.1, 0.15) is 5.56 Å². The standard InChI is InChI=1S/C14H10Br2F3NS/c15-10-3-6-12(16)13(7-10)20-8-9-1-4-11(5-2-9)21-14(17,18)19/h1-7,20H,8H2. The van der Waals surface area contributed by atoms with Crippen LogP contribution in [0.4, 0.5) is 18.9 Å². The van der Waals surface area contributed by atoms with Gasteiger partial charge in [-0.1, -0.05) is 28.1 Å². The lowest BCUT2D eigenvalue weighted by atomic mass is 10.2. The van der Waals surface area contributed by atoms with E-state index in [2.05, 4.69) is 37.2 Å². The zero-order valence-corrected chi connectivity index (χ0v) is 14.5. The Hall–Kier alpha value is -0.660. The van der Waals surface area contributed by atoms with Gasteiger partial charge in [-0.15, -0.1) is 0 Å². The summed E-state index contributed by atoms with van der Waals surface area (Å²) in [5, 5.41) is 3.23. The zero-order chi connectivity index (χ0) is 15.5. The summed E-state index contributed by atoms with van der Waals surface area (Å²) < 4.78 is 38.6. The first kappa shape index (κ1) is 16.7. The number of alkyl halides is 3. The first-order valence-electron chi connectivity index (χ1n) is 5.87. The fourth-order valence-electron chi connectivity index (χ4n) is 1.64. The number of thioether (sulfide) groups is 1. The fourth-order valence-corrected chi connectivity index (χ4v) is 2.93. The SMILES string of the molecule is FC(F)(F)Sc1ccc(CNc2cc(Br)ccc2Br)cc1. The molecular weight excluding hydrogens is 431 g/mol. The lowest BCUT2D eigenvalue weighted by molar-refractivity contribution is -0.0328. The first-order valence-corrected chi connectivity index (χ1v) is 8.27. The van der Waals surface area contributed by atoms with Crippen molar-refractivity contribution in [1.82, 2.24) is 0 Å². The van der Waals surface area contributed by atoms with E-state index in [1.54, 1.807) is 12.1 Å². The van der Waals surface area contributed by atoms with Crippen molar-refractivity contribution in [1.29, 1.82) is 0 Å². The minimum atomic E-state index is -4.25. The van der Waals surface area contributed by atoms with Crippen LogP contribution in [-0.2, 0) is 6.54 Å². The van der Waals surface area contributed by atoms with Crippen molar-refractivity contribution in [3.05, 3.63) is 57.0 Å². The molecule has 2 aromatic carbocycles. The van der Waals surface area contributed by atoms with E-state index >= 15 is 0 Å². The molecule has 0 aliphatic carbocycles.